The maximum absolute atomic E-state index is 12.0. The number of nitrogens with zero attached hydrogens (tertiary/aromatic N) is 2. The Morgan fingerprint density at radius 3 is 2.17 bits per heavy atom. The summed E-state index contributed by atoms with van der Waals surface area (Å²) in [5.41, 5.74) is 3.93. The number of para-hydroxylation sites is 1. The number of rotatable bonds is 2. The van der Waals surface area contributed by atoms with Crippen LogP contribution in [-0.4, -0.2) is 52.6 Å². The third kappa shape index (κ3) is 4.46. The van der Waals surface area contributed by atoms with Gasteiger partial charge in [0.2, 0.25) is 5.91 Å². The van der Waals surface area contributed by atoms with Gasteiger partial charge < -0.3 is 15.1 Å². The van der Waals surface area contributed by atoms with Crippen molar-refractivity contribution in [3.63, 3.8) is 0 Å². The van der Waals surface area contributed by atoms with E-state index in [2.05, 4.69) is 53.4 Å². The summed E-state index contributed by atoms with van der Waals surface area (Å²) in [5, 5.41) is 14.8. The molecule has 4 rings (SSSR count). The predicted octanol–water partition coefficient (Wildman–Crippen LogP) is 2.35. The fourth-order valence-corrected chi connectivity index (χ4v) is 4.20. The topological polar surface area (TPSA) is 98.2 Å². The highest BCUT2D eigenvalue weighted by Gasteiger charge is 2.47. The number of aliphatic carboxylic acids is 2. The Hall–Kier alpha value is -3.19. The van der Waals surface area contributed by atoms with E-state index in [4.69, 9.17) is 19.8 Å². The molecule has 152 valence electrons. The standard InChI is InChI=1S/C20H22N2O.C2H2O4/c1-16(23)22-15-20(18-9-5-6-10-19(18)22)11-12-21(14-20)13-17-7-3-2-4-8-17;3-1(4)2(5)6/h2-10H,11-15H2,1H3;(H,3,4)(H,5,6). The Balaban J connectivity index is 0.000000353. The van der Waals surface area contributed by atoms with Crippen LogP contribution in [0.5, 0.6) is 0 Å². The van der Waals surface area contributed by atoms with Crippen LogP contribution in [0.1, 0.15) is 24.5 Å². The second kappa shape index (κ2) is 8.45. The summed E-state index contributed by atoms with van der Waals surface area (Å²) < 4.78 is 0. The van der Waals surface area contributed by atoms with Gasteiger partial charge in [-0.25, -0.2) is 9.59 Å². The smallest absolute Gasteiger partial charge is 0.414 e. The van der Waals surface area contributed by atoms with Crippen LogP contribution in [-0.2, 0) is 26.3 Å². The lowest BCUT2D eigenvalue weighted by atomic mass is 9.81. The van der Waals surface area contributed by atoms with E-state index in [1.807, 2.05) is 11.0 Å². The van der Waals surface area contributed by atoms with Crippen molar-refractivity contribution >= 4 is 23.5 Å². The van der Waals surface area contributed by atoms with Crippen molar-refractivity contribution in [3.8, 4) is 0 Å². The van der Waals surface area contributed by atoms with E-state index in [1.54, 1.807) is 6.92 Å². The molecule has 1 spiro atoms. The normalized spacial score (nSPS) is 20.1. The maximum Gasteiger partial charge on any atom is 0.414 e. The molecule has 2 aromatic carbocycles. The molecule has 7 nitrogen and oxygen atoms in total. The molecule has 2 aliphatic heterocycles. The van der Waals surface area contributed by atoms with Crippen molar-refractivity contribution in [1.29, 1.82) is 0 Å². The first-order valence-electron chi connectivity index (χ1n) is 9.42. The van der Waals surface area contributed by atoms with Gasteiger partial charge in [0, 0.05) is 37.7 Å². The maximum atomic E-state index is 12.0. The number of hydrogen-bond donors (Lipinski definition) is 2. The molecule has 2 heterocycles. The summed E-state index contributed by atoms with van der Waals surface area (Å²) in [6.45, 7) is 5.61. The molecule has 0 bridgehead atoms. The molecule has 29 heavy (non-hydrogen) atoms. The minimum Gasteiger partial charge on any atom is -0.473 e. The average Bonchev–Trinajstić information content (AvgIpc) is 3.25. The third-order valence-electron chi connectivity index (χ3n) is 5.47. The van der Waals surface area contributed by atoms with Crippen molar-refractivity contribution in [3.05, 3.63) is 65.7 Å². The number of carbonyl (C=O) groups excluding carboxylic acids is 1. The van der Waals surface area contributed by atoms with E-state index in [0.717, 1.165) is 38.3 Å². The SMILES string of the molecule is CC(=O)N1CC2(CCN(Cc3ccccc3)C2)c2ccccc21.O=C(O)C(=O)O. The van der Waals surface area contributed by atoms with Crippen LogP contribution in [0.4, 0.5) is 5.69 Å². The molecular formula is C22H24N2O5. The molecular weight excluding hydrogens is 372 g/mol. The van der Waals surface area contributed by atoms with E-state index in [-0.39, 0.29) is 11.3 Å². The van der Waals surface area contributed by atoms with Crippen molar-refractivity contribution in [1.82, 2.24) is 4.90 Å². The van der Waals surface area contributed by atoms with E-state index in [9.17, 15) is 4.79 Å². The molecule has 1 amide bonds. The summed E-state index contributed by atoms with van der Waals surface area (Å²) in [6.07, 6.45) is 1.13. The second-order valence-electron chi connectivity index (χ2n) is 7.46. The van der Waals surface area contributed by atoms with Crippen molar-refractivity contribution in [2.24, 2.45) is 0 Å². The molecule has 0 aliphatic carbocycles. The Kier molecular flexibility index (Phi) is 5.98. The lowest BCUT2D eigenvalue weighted by molar-refractivity contribution is -0.159. The van der Waals surface area contributed by atoms with Crippen LogP contribution in [0.2, 0.25) is 0 Å². The summed E-state index contributed by atoms with van der Waals surface area (Å²) in [7, 11) is 0. The van der Waals surface area contributed by atoms with Gasteiger partial charge in [-0.05, 0) is 30.2 Å². The zero-order valence-corrected chi connectivity index (χ0v) is 16.2. The summed E-state index contributed by atoms with van der Waals surface area (Å²) in [6, 6.07) is 19.1. The largest absolute Gasteiger partial charge is 0.473 e. The summed E-state index contributed by atoms with van der Waals surface area (Å²) >= 11 is 0. The molecule has 2 N–H and O–H groups in total. The number of fused-ring (bicyclic) bond motifs is 2. The quantitative estimate of drug-likeness (QED) is 0.757. The fraction of sp³-hybridized carbons (Fsp3) is 0.318. The highest BCUT2D eigenvalue weighted by atomic mass is 16.4. The highest BCUT2D eigenvalue weighted by molar-refractivity contribution is 6.27. The molecule has 1 unspecified atom stereocenters. The monoisotopic (exact) mass is 396 g/mol. The van der Waals surface area contributed by atoms with Crippen molar-refractivity contribution < 1.29 is 24.6 Å². The van der Waals surface area contributed by atoms with Crippen LogP contribution in [0, 0.1) is 0 Å². The average molecular weight is 396 g/mol. The number of amides is 1. The van der Waals surface area contributed by atoms with Crippen LogP contribution < -0.4 is 4.90 Å². The van der Waals surface area contributed by atoms with Gasteiger partial charge in [0.25, 0.3) is 0 Å². The number of hydrogen-bond acceptors (Lipinski definition) is 4. The highest BCUT2D eigenvalue weighted by Crippen LogP contribution is 2.46. The first-order chi connectivity index (χ1) is 13.8. The number of carboxylic acids is 2. The Bertz CT molecular complexity index is 902. The van der Waals surface area contributed by atoms with Gasteiger partial charge in [-0.1, -0.05) is 48.5 Å². The van der Waals surface area contributed by atoms with E-state index in [0.29, 0.717) is 0 Å². The zero-order chi connectivity index (χ0) is 21.0. The second-order valence-corrected chi connectivity index (χ2v) is 7.46. The van der Waals surface area contributed by atoms with Crippen molar-refractivity contribution in [2.75, 3.05) is 24.5 Å². The summed E-state index contributed by atoms with van der Waals surface area (Å²) in [5.74, 6) is -3.50. The molecule has 1 saturated heterocycles. The van der Waals surface area contributed by atoms with Crippen LogP contribution in [0.25, 0.3) is 0 Å². The molecule has 2 aliphatic rings. The molecule has 0 aromatic heterocycles. The Morgan fingerprint density at radius 1 is 0.931 bits per heavy atom. The first kappa shape index (κ1) is 20.5. The minimum absolute atomic E-state index is 0.108. The molecule has 0 radical (unpaired) electrons. The molecule has 1 fully saturated rings. The van der Waals surface area contributed by atoms with E-state index < -0.39 is 11.9 Å². The van der Waals surface area contributed by atoms with Gasteiger partial charge in [-0.2, -0.15) is 0 Å². The van der Waals surface area contributed by atoms with Crippen LogP contribution in [0.3, 0.4) is 0 Å². The van der Waals surface area contributed by atoms with E-state index >= 15 is 0 Å². The van der Waals surface area contributed by atoms with Crippen molar-refractivity contribution in [2.45, 2.75) is 25.3 Å². The van der Waals surface area contributed by atoms with Gasteiger partial charge in [-0.3, -0.25) is 9.69 Å². The zero-order valence-electron chi connectivity index (χ0n) is 16.2. The number of carbonyl (C=O) groups is 3. The third-order valence-corrected chi connectivity index (χ3v) is 5.47. The first-order valence-corrected chi connectivity index (χ1v) is 9.42. The molecule has 1 atom stereocenters. The Labute approximate surface area is 169 Å². The van der Waals surface area contributed by atoms with Gasteiger partial charge in [0.05, 0.1) is 0 Å². The minimum atomic E-state index is -1.82. The number of likely N-dealkylation sites (tertiary alicyclic amines) is 1. The Morgan fingerprint density at radius 2 is 1.55 bits per heavy atom. The lowest BCUT2D eigenvalue weighted by Crippen LogP contribution is -2.38. The van der Waals surface area contributed by atoms with Gasteiger partial charge in [-0.15, -0.1) is 0 Å². The summed E-state index contributed by atoms with van der Waals surface area (Å²) in [4.78, 5) is 34.7. The molecule has 0 saturated carbocycles. The van der Waals surface area contributed by atoms with Gasteiger partial charge in [0.15, 0.2) is 0 Å². The van der Waals surface area contributed by atoms with Crippen LogP contribution >= 0.6 is 0 Å². The van der Waals surface area contributed by atoms with E-state index in [1.165, 1.54) is 11.1 Å². The van der Waals surface area contributed by atoms with Gasteiger partial charge in [0.1, 0.15) is 0 Å². The number of benzene rings is 2. The van der Waals surface area contributed by atoms with Gasteiger partial charge >= 0.3 is 11.9 Å². The van der Waals surface area contributed by atoms with Crippen LogP contribution in [0.15, 0.2) is 54.6 Å². The number of carboxylic acid groups (broad SMARTS) is 2. The lowest BCUT2D eigenvalue weighted by Gasteiger charge is -2.25. The fourth-order valence-electron chi connectivity index (χ4n) is 4.20. The number of anilines is 1. The predicted molar refractivity (Wildman–Crippen MR) is 108 cm³/mol. The molecule has 7 heteroatoms. The molecule has 2 aromatic rings.